The van der Waals surface area contributed by atoms with E-state index in [-0.39, 0.29) is 0 Å². The zero-order valence-electron chi connectivity index (χ0n) is 6.00. The van der Waals surface area contributed by atoms with Crippen molar-refractivity contribution in [3.63, 3.8) is 0 Å². The van der Waals surface area contributed by atoms with E-state index in [1.54, 1.807) is 0 Å². The Morgan fingerprint density at radius 3 is 2.44 bits per heavy atom. The summed E-state index contributed by atoms with van der Waals surface area (Å²) in [6.45, 7) is 5.22. The SMILES string of the molecule is CC(C)[C@@H]1C[C@H](S)CO1. The molecule has 0 amide bonds. The molecular weight excluding hydrogens is 132 g/mol. The van der Waals surface area contributed by atoms with Crippen molar-refractivity contribution >= 4 is 12.6 Å². The van der Waals surface area contributed by atoms with Crippen LogP contribution < -0.4 is 0 Å². The van der Waals surface area contributed by atoms with Crippen molar-refractivity contribution in [3.8, 4) is 0 Å². The van der Waals surface area contributed by atoms with Gasteiger partial charge in [-0.1, -0.05) is 13.8 Å². The van der Waals surface area contributed by atoms with Gasteiger partial charge in [0.15, 0.2) is 0 Å². The molecule has 1 aliphatic heterocycles. The number of rotatable bonds is 1. The van der Waals surface area contributed by atoms with Gasteiger partial charge in [-0.05, 0) is 12.3 Å². The largest absolute Gasteiger partial charge is 0.377 e. The second kappa shape index (κ2) is 2.93. The highest BCUT2D eigenvalue weighted by molar-refractivity contribution is 7.81. The average Bonchev–Trinajstić information content (AvgIpc) is 2.14. The summed E-state index contributed by atoms with van der Waals surface area (Å²) < 4.78 is 5.45. The molecular formula is C7H14OS. The molecule has 54 valence electrons. The van der Waals surface area contributed by atoms with E-state index in [4.69, 9.17) is 4.74 Å². The van der Waals surface area contributed by atoms with Gasteiger partial charge in [-0.3, -0.25) is 0 Å². The third-order valence-electron chi connectivity index (χ3n) is 1.75. The minimum Gasteiger partial charge on any atom is -0.377 e. The molecule has 1 saturated heterocycles. The van der Waals surface area contributed by atoms with Gasteiger partial charge in [-0.15, -0.1) is 0 Å². The molecule has 1 nitrogen and oxygen atoms in total. The lowest BCUT2D eigenvalue weighted by Crippen LogP contribution is -2.12. The van der Waals surface area contributed by atoms with Crippen LogP contribution in [-0.2, 0) is 4.74 Å². The number of thiol groups is 1. The van der Waals surface area contributed by atoms with Crippen molar-refractivity contribution in [1.82, 2.24) is 0 Å². The smallest absolute Gasteiger partial charge is 0.0609 e. The van der Waals surface area contributed by atoms with Gasteiger partial charge in [-0.2, -0.15) is 12.6 Å². The molecule has 1 aliphatic rings. The van der Waals surface area contributed by atoms with Crippen LogP contribution in [0.1, 0.15) is 20.3 Å². The second-order valence-electron chi connectivity index (χ2n) is 3.01. The Morgan fingerprint density at radius 1 is 1.56 bits per heavy atom. The zero-order chi connectivity index (χ0) is 6.85. The first-order valence-electron chi connectivity index (χ1n) is 3.50. The van der Waals surface area contributed by atoms with E-state index >= 15 is 0 Å². The summed E-state index contributed by atoms with van der Waals surface area (Å²) in [6.07, 6.45) is 1.59. The monoisotopic (exact) mass is 146 g/mol. The maximum absolute atomic E-state index is 5.45. The van der Waals surface area contributed by atoms with Gasteiger partial charge < -0.3 is 4.74 Å². The Hall–Kier alpha value is 0.310. The molecule has 0 saturated carbocycles. The van der Waals surface area contributed by atoms with Crippen LogP contribution in [0, 0.1) is 5.92 Å². The molecule has 1 rings (SSSR count). The van der Waals surface area contributed by atoms with Gasteiger partial charge in [0, 0.05) is 5.25 Å². The predicted molar refractivity (Wildman–Crippen MR) is 42.0 cm³/mol. The van der Waals surface area contributed by atoms with Crippen LogP contribution in [-0.4, -0.2) is 18.0 Å². The number of hydrogen-bond donors (Lipinski definition) is 1. The zero-order valence-corrected chi connectivity index (χ0v) is 6.90. The van der Waals surface area contributed by atoms with Gasteiger partial charge in [0.05, 0.1) is 12.7 Å². The van der Waals surface area contributed by atoms with Crippen LogP contribution in [0.15, 0.2) is 0 Å². The fourth-order valence-corrected chi connectivity index (χ4v) is 1.40. The Kier molecular flexibility index (Phi) is 2.42. The Morgan fingerprint density at radius 2 is 2.22 bits per heavy atom. The third-order valence-corrected chi connectivity index (χ3v) is 2.11. The van der Waals surface area contributed by atoms with E-state index in [0.717, 1.165) is 13.0 Å². The molecule has 0 aliphatic carbocycles. The molecule has 1 heterocycles. The maximum Gasteiger partial charge on any atom is 0.0609 e. The van der Waals surface area contributed by atoms with E-state index in [9.17, 15) is 0 Å². The Balaban J connectivity index is 2.30. The second-order valence-corrected chi connectivity index (χ2v) is 3.74. The highest BCUT2D eigenvalue weighted by Crippen LogP contribution is 2.22. The third kappa shape index (κ3) is 1.87. The highest BCUT2D eigenvalue weighted by Gasteiger charge is 2.24. The van der Waals surface area contributed by atoms with Crippen LogP contribution in [0.5, 0.6) is 0 Å². The van der Waals surface area contributed by atoms with Crippen molar-refractivity contribution < 1.29 is 4.74 Å². The van der Waals surface area contributed by atoms with Crippen LogP contribution >= 0.6 is 12.6 Å². The Bertz CT molecular complexity index is 92.9. The van der Waals surface area contributed by atoms with Crippen LogP contribution in [0.25, 0.3) is 0 Å². The van der Waals surface area contributed by atoms with Crippen LogP contribution in [0.3, 0.4) is 0 Å². The highest BCUT2D eigenvalue weighted by atomic mass is 32.1. The summed E-state index contributed by atoms with van der Waals surface area (Å²) in [5, 5.41) is 0.484. The van der Waals surface area contributed by atoms with Gasteiger partial charge in [0.2, 0.25) is 0 Å². The molecule has 2 atom stereocenters. The molecule has 0 radical (unpaired) electrons. The molecule has 0 unspecified atom stereocenters. The average molecular weight is 146 g/mol. The predicted octanol–water partition coefficient (Wildman–Crippen LogP) is 1.73. The fourth-order valence-electron chi connectivity index (χ4n) is 1.10. The van der Waals surface area contributed by atoms with E-state index in [2.05, 4.69) is 26.5 Å². The number of hydrogen-bond acceptors (Lipinski definition) is 2. The number of ether oxygens (including phenoxy) is 1. The van der Waals surface area contributed by atoms with Crippen LogP contribution in [0.4, 0.5) is 0 Å². The molecule has 0 spiro atoms. The summed E-state index contributed by atoms with van der Waals surface area (Å²) in [4.78, 5) is 0. The quantitative estimate of drug-likeness (QED) is 0.554. The lowest BCUT2D eigenvalue weighted by molar-refractivity contribution is 0.0761. The van der Waals surface area contributed by atoms with E-state index in [1.165, 1.54) is 0 Å². The normalized spacial score (nSPS) is 36.0. The van der Waals surface area contributed by atoms with Crippen molar-refractivity contribution in [2.24, 2.45) is 5.92 Å². The van der Waals surface area contributed by atoms with Crippen molar-refractivity contribution in [1.29, 1.82) is 0 Å². The van der Waals surface area contributed by atoms with Crippen LogP contribution in [0.2, 0.25) is 0 Å². The molecule has 2 heteroatoms. The molecule has 0 aromatic rings. The minimum absolute atomic E-state index is 0.465. The summed E-state index contributed by atoms with van der Waals surface area (Å²) in [7, 11) is 0. The summed E-state index contributed by atoms with van der Waals surface area (Å²) in [5.74, 6) is 0.655. The first-order chi connectivity index (χ1) is 4.20. The summed E-state index contributed by atoms with van der Waals surface area (Å²) in [5.41, 5.74) is 0. The first-order valence-corrected chi connectivity index (χ1v) is 4.01. The topological polar surface area (TPSA) is 9.23 Å². The van der Waals surface area contributed by atoms with Gasteiger partial charge in [0.25, 0.3) is 0 Å². The van der Waals surface area contributed by atoms with Crippen molar-refractivity contribution in [3.05, 3.63) is 0 Å². The molecule has 0 aromatic heterocycles. The van der Waals surface area contributed by atoms with Gasteiger partial charge in [0.1, 0.15) is 0 Å². The lowest BCUT2D eigenvalue weighted by atomic mass is 10.1. The van der Waals surface area contributed by atoms with E-state index in [0.29, 0.717) is 17.3 Å². The molecule has 0 bridgehead atoms. The van der Waals surface area contributed by atoms with Crippen molar-refractivity contribution in [2.75, 3.05) is 6.61 Å². The Labute approximate surface area is 62.2 Å². The van der Waals surface area contributed by atoms with Gasteiger partial charge >= 0.3 is 0 Å². The minimum atomic E-state index is 0.465. The summed E-state index contributed by atoms with van der Waals surface area (Å²) in [6, 6.07) is 0. The van der Waals surface area contributed by atoms with Gasteiger partial charge in [-0.25, -0.2) is 0 Å². The first kappa shape index (κ1) is 7.42. The standard InChI is InChI=1S/C7H14OS/c1-5(2)7-3-6(9)4-8-7/h5-7,9H,3-4H2,1-2H3/t6-,7-/m0/s1. The molecule has 0 aromatic carbocycles. The fraction of sp³-hybridized carbons (Fsp3) is 1.00. The maximum atomic E-state index is 5.45. The molecule has 9 heavy (non-hydrogen) atoms. The molecule has 0 N–H and O–H groups in total. The van der Waals surface area contributed by atoms with E-state index < -0.39 is 0 Å². The summed E-state index contributed by atoms with van der Waals surface area (Å²) >= 11 is 4.32. The van der Waals surface area contributed by atoms with Crippen molar-refractivity contribution in [2.45, 2.75) is 31.6 Å². The molecule has 1 fully saturated rings. The van der Waals surface area contributed by atoms with E-state index in [1.807, 2.05) is 0 Å². The lowest BCUT2D eigenvalue weighted by Gasteiger charge is -2.11.